The summed E-state index contributed by atoms with van der Waals surface area (Å²) in [5.74, 6) is 1.27. The molecule has 0 radical (unpaired) electrons. The summed E-state index contributed by atoms with van der Waals surface area (Å²) >= 11 is 7.41. The highest BCUT2D eigenvalue weighted by Crippen LogP contribution is 2.28. The summed E-state index contributed by atoms with van der Waals surface area (Å²) in [6.07, 6.45) is 0. The van der Waals surface area contributed by atoms with Gasteiger partial charge in [0.25, 0.3) is 0 Å². The van der Waals surface area contributed by atoms with Gasteiger partial charge in [-0.05, 0) is 25.1 Å². The molecular formula is C16H22ClN5O4S2. The molecular weight excluding hydrogens is 426 g/mol. The number of methoxy groups -OCH3 is 1. The number of rotatable bonds is 10. The number of amides is 1. The lowest BCUT2D eigenvalue weighted by molar-refractivity contribution is -0.121. The van der Waals surface area contributed by atoms with E-state index in [4.69, 9.17) is 16.3 Å². The maximum absolute atomic E-state index is 12.8. The van der Waals surface area contributed by atoms with Gasteiger partial charge in [-0.1, -0.05) is 30.3 Å². The SMILES string of the molecule is CCN(CC(=O)NCCSc1n[nH]c(C)n1)S(=O)(=O)c1ccc(OC)c(Cl)c1. The standard InChI is InChI=1S/C16H22ClN5O4S2/c1-4-22(28(24,25)12-5-6-14(26-3)13(17)9-12)10-15(23)18-7-8-27-16-19-11(2)20-21-16/h5-6,9H,4,7-8,10H2,1-3H3,(H,18,23)(H,19,20,21). The first-order chi connectivity index (χ1) is 13.3. The summed E-state index contributed by atoms with van der Waals surface area (Å²) in [5.41, 5.74) is 0. The van der Waals surface area contributed by atoms with E-state index in [1.54, 1.807) is 13.8 Å². The Morgan fingerprint density at radius 2 is 2.18 bits per heavy atom. The number of nitrogens with one attached hydrogen (secondary N) is 2. The number of hydrogen-bond acceptors (Lipinski definition) is 7. The van der Waals surface area contributed by atoms with Crippen molar-refractivity contribution in [2.45, 2.75) is 23.9 Å². The van der Waals surface area contributed by atoms with Crippen molar-refractivity contribution in [2.24, 2.45) is 0 Å². The average Bonchev–Trinajstić information content (AvgIpc) is 3.08. The van der Waals surface area contributed by atoms with Crippen LogP contribution in [0.3, 0.4) is 0 Å². The number of likely N-dealkylation sites (N-methyl/N-ethyl adjacent to an activating group) is 1. The lowest BCUT2D eigenvalue weighted by Gasteiger charge is -2.20. The molecule has 1 aromatic heterocycles. The molecule has 0 unspecified atom stereocenters. The number of aryl methyl sites for hydroxylation is 1. The number of nitrogens with zero attached hydrogens (tertiary/aromatic N) is 3. The zero-order valence-corrected chi connectivity index (χ0v) is 18.1. The van der Waals surface area contributed by atoms with Crippen LogP contribution in [0.5, 0.6) is 5.75 Å². The molecule has 0 aliphatic carbocycles. The van der Waals surface area contributed by atoms with Gasteiger partial charge in [-0.3, -0.25) is 9.89 Å². The molecule has 28 heavy (non-hydrogen) atoms. The van der Waals surface area contributed by atoms with Gasteiger partial charge in [0, 0.05) is 18.8 Å². The first-order valence-electron chi connectivity index (χ1n) is 8.40. The topological polar surface area (TPSA) is 117 Å². The van der Waals surface area contributed by atoms with Crippen LogP contribution in [0.4, 0.5) is 0 Å². The number of H-pyrrole nitrogens is 1. The Balaban J connectivity index is 1.92. The van der Waals surface area contributed by atoms with Gasteiger partial charge in [0.05, 0.1) is 23.6 Å². The fourth-order valence-corrected chi connectivity index (χ4v) is 4.71. The Morgan fingerprint density at radius 3 is 2.75 bits per heavy atom. The van der Waals surface area contributed by atoms with Crippen molar-refractivity contribution in [2.75, 3.05) is 32.5 Å². The number of carbonyl (C=O) groups is 1. The fourth-order valence-electron chi connectivity index (χ4n) is 2.26. The van der Waals surface area contributed by atoms with Crippen molar-refractivity contribution in [3.63, 3.8) is 0 Å². The Kier molecular flexibility index (Phi) is 8.10. The van der Waals surface area contributed by atoms with Gasteiger partial charge in [-0.25, -0.2) is 13.4 Å². The first kappa shape index (κ1) is 22.5. The van der Waals surface area contributed by atoms with Crippen molar-refractivity contribution < 1.29 is 17.9 Å². The summed E-state index contributed by atoms with van der Waals surface area (Å²) in [6, 6.07) is 4.19. The molecule has 0 fully saturated rings. The van der Waals surface area contributed by atoms with Crippen LogP contribution in [0, 0.1) is 6.92 Å². The third-order valence-corrected chi connectivity index (χ3v) is 6.73. The van der Waals surface area contributed by atoms with Crippen LogP contribution in [0.25, 0.3) is 0 Å². The van der Waals surface area contributed by atoms with Crippen LogP contribution in [-0.2, 0) is 14.8 Å². The third kappa shape index (κ3) is 5.84. The van der Waals surface area contributed by atoms with Crippen molar-refractivity contribution in [3.05, 3.63) is 29.0 Å². The minimum absolute atomic E-state index is 0.00322. The summed E-state index contributed by atoms with van der Waals surface area (Å²) in [5, 5.41) is 10.2. The van der Waals surface area contributed by atoms with Gasteiger partial charge in [0.2, 0.25) is 21.1 Å². The van der Waals surface area contributed by atoms with Crippen LogP contribution in [-0.4, -0.2) is 66.3 Å². The van der Waals surface area contributed by atoms with Gasteiger partial charge in [-0.2, -0.15) is 4.31 Å². The number of sulfonamides is 1. The summed E-state index contributed by atoms with van der Waals surface area (Å²) in [4.78, 5) is 16.3. The molecule has 12 heteroatoms. The molecule has 9 nitrogen and oxygen atoms in total. The molecule has 0 saturated heterocycles. The molecule has 2 aromatic rings. The predicted octanol–water partition coefficient (Wildman–Crippen LogP) is 1.69. The number of halogens is 1. The smallest absolute Gasteiger partial charge is 0.243 e. The Labute approximate surface area is 173 Å². The second kappa shape index (κ2) is 10.1. The molecule has 0 aliphatic heterocycles. The zero-order valence-electron chi connectivity index (χ0n) is 15.7. The van der Waals surface area contributed by atoms with E-state index < -0.39 is 15.9 Å². The minimum atomic E-state index is -3.86. The second-order valence-corrected chi connectivity index (χ2v) is 9.04. The normalized spacial score (nSPS) is 11.6. The number of carbonyl (C=O) groups excluding carboxylic acids is 1. The van der Waals surface area contributed by atoms with E-state index in [1.165, 1.54) is 37.1 Å². The van der Waals surface area contributed by atoms with E-state index >= 15 is 0 Å². The largest absolute Gasteiger partial charge is 0.495 e. The number of aromatic amines is 1. The highest BCUT2D eigenvalue weighted by molar-refractivity contribution is 7.99. The predicted molar refractivity (Wildman–Crippen MR) is 107 cm³/mol. The summed E-state index contributed by atoms with van der Waals surface area (Å²) in [6.45, 7) is 3.69. The van der Waals surface area contributed by atoms with Crippen LogP contribution in [0.1, 0.15) is 12.7 Å². The fraction of sp³-hybridized carbons (Fsp3) is 0.438. The van der Waals surface area contributed by atoms with E-state index in [9.17, 15) is 13.2 Å². The summed E-state index contributed by atoms with van der Waals surface area (Å²) < 4.78 is 31.7. The third-order valence-electron chi connectivity index (χ3n) is 3.67. The van der Waals surface area contributed by atoms with Gasteiger partial charge >= 0.3 is 0 Å². The number of ether oxygens (including phenoxy) is 1. The average molecular weight is 448 g/mol. The quantitative estimate of drug-likeness (QED) is 0.420. The van der Waals surface area contributed by atoms with Crippen molar-refractivity contribution in [3.8, 4) is 5.75 Å². The van der Waals surface area contributed by atoms with Crippen LogP contribution >= 0.6 is 23.4 Å². The maximum Gasteiger partial charge on any atom is 0.243 e. The molecule has 2 rings (SSSR count). The molecule has 1 heterocycles. The van der Waals surface area contributed by atoms with Crippen molar-refractivity contribution in [1.82, 2.24) is 24.8 Å². The highest BCUT2D eigenvalue weighted by Gasteiger charge is 2.26. The van der Waals surface area contributed by atoms with E-state index in [0.29, 0.717) is 29.0 Å². The van der Waals surface area contributed by atoms with Crippen molar-refractivity contribution >= 4 is 39.3 Å². The first-order valence-corrected chi connectivity index (χ1v) is 11.2. The van der Waals surface area contributed by atoms with Crippen LogP contribution in [0.15, 0.2) is 28.3 Å². The number of hydrogen-bond donors (Lipinski definition) is 2. The number of thioether (sulfide) groups is 1. The van der Waals surface area contributed by atoms with Gasteiger partial charge in [-0.15, -0.1) is 5.10 Å². The van der Waals surface area contributed by atoms with Gasteiger partial charge in [0.1, 0.15) is 11.6 Å². The summed E-state index contributed by atoms with van der Waals surface area (Å²) in [7, 11) is -2.42. The Bertz CT molecular complexity index is 920. The molecule has 154 valence electrons. The molecule has 1 amide bonds. The maximum atomic E-state index is 12.8. The molecule has 0 aliphatic rings. The van der Waals surface area contributed by atoms with Crippen LogP contribution < -0.4 is 10.1 Å². The molecule has 2 N–H and O–H groups in total. The highest BCUT2D eigenvalue weighted by atomic mass is 35.5. The van der Waals surface area contributed by atoms with E-state index in [-0.39, 0.29) is 23.0 Å². The lowest BCUT2D eigenvalue weighted by atomic mass is 10.3. The molecule has 0 bridgehead atoms. The zero-order chi connectivity index (χ0) is 20.7. The molecule has 0 saturated carbocycles. The monoisotopic (exact) mass is 447 g/mol. The molecule has 0 spiro atoms. The second-order valence-electron chi connectivity index (χ2n) is 5.63. The molecule has 0 atom stereocenters. The Hall–Kier alpha value is -1.82. The number of aromatic nitrogens is 3. The van der Waals surface area contributed by atoms with Crippen LogP contribution in [0.2, 0.25) is 5.02 Å². The lowest BCUT2D eigenvalue weighted by Crippen LogP contribution is -2.41. The molecule has 1 aromatic carbocycles. The van der Waals surface area contributed by atoms with E-state index in [0.717, 1.165) is 4.31 Å². The van der Waals surface area contributed by atoms with E-state index in [1.807, 2.05) is 0 Å². The van der Waals surface area contributed by atoms with Gasteiger partial charge < -0.3 is 10.1 Å². The van der Waals surface area contributed by atoms with Crippen molar-refractivity contribution in [1.29, 1.82) is 0 Å². The Morgan fingerprint density at radius 1 is 1.43 bits per heavy atom. The number of benzene rings is 1. The minimum Gasteiger partial charge on any atom is -0.495 e. The van der Waals surface area contributed by atoms with E-state index in [2.05, 4.69) is 20.5 Å². The van der Waals surface area contributed by atoms with Gasteiger partial charge in [0.15, 0.2) is 0 Å².